The Balaban J connectivity index is 2.25. The Morgan fingerprint density at radius 3 is 2.40 bits per heavy atom. The fourth-order valence-corrected chi connectivity index (χ4v) is 2.86. The average Bonchev–Trinajstić information content (AvgIpc) is 2.32. The highest BCUT2D eigenvalue weighted by Gasteiger charge is 2.32. The number of nitrogens with one attached hydrogen (secondary N) is 1. The molecule has 0 unspecified atom stereocenters. The van der Waals surface area contributed by atoms with E-state index in [1.54, 1.807) is 5.56 Å². The second kappa shape index (κ2) is 4.80. The zero-order valence-corrected chi connectivity index (χ0v) is 9.63. The lowest BCUT2D eigenvalue weighted by Crippen LogP contribution is -2.39. The standard InChI is InChI=1S/C14H21N/c1-2-8-14(9-11-15-12-10-14)13-6-4-3-5-7-13/h3-7,15H,2,8-12H2,1H3. The molecule has 0 aliphatic carbocycles. The maximum atomic E-state index is 3.47. The number of piperidine rings is 1. The smallest absolute Gasteiger partial charge is 0.00230 e. The van der Waals surface area contributed by atoms with Crippen molar-refractivity contribution >= 4 is 0 Å². The van der Waals surface area contributed by atoms with Crippen LogP contribution in [0.1, 0.15) is 38.2 Å². The van der Waals surface area contributed by atoms with E-state index in [1.807, 2.05) is 0 Å². The SMILES string of the molecule is CCCC1(c2ccccc2)CCNCC1. The molecule has 0 bridgehead atoms. The van der Waals surface area contributed by atoms with E-state index in [1.165, 1.54) is 38.8 Å². The molecule has 1 fully saturated rings. The highest BCUT2D eigenvalue weighted by atomic mass is 14.9. The molecule has 0 radical (unpaired) electrons. The molecule has 1 heterocycles. The minimum absolute atomic E-state index is 0.460. The first-order valence-electron chi connectivity index (χ1n) is 6.14. The second-order valence-electron chi connectivity index (χ2n) is 4.65. The Hall–Kier alpha value is -0.820. The van der Waals surface area contributed by atoms with Crippen LogP contribution in [0.2, 0.25) is 0 Å². The molecule has 0 aromatic heterocycles. The van der Waals surface area contributed by atoms with E-state index in [4.69, 9.17) is 0 Å². The van der Waals surface area contributed by atoms with Gasteiger partial charge in [0, 0.05) is 0 Å². The van der Waals surface area contributed by atoms with Crippen molar-refractivity contribution in [3.05, 3.63) is 35.9 Å². The summed E-state index contributed by atoms with van der Waals surface area (Å²) in [5.74, 6) is 0. The molecule has 1 N–H and O–H groups in total. The van der Waals surface area contributed by atoms with Gasteiger partial charge in [0.05, 0.1) is 0 Å². The van der Waals surface area contributed by atoms with Gasteiger partial charge in [0.1, 0.15) is 0 Å². The molecule has 2 rings (SSSR count). The number of hydrogen-bond acceptors (Lipinski definition) is 1. The van der Waals surface area contributed by atoms with E-state index in [-0.39, 0.29) is 0 Å². The van der Waals surface area contributed by atoms with Gasteiger partial charge in [-0.2, -0.15) is 0 Å². The summed E-state index contributed by atoms with van der Waals surface area (Å²) in [6, 6.07) is 11.1. The molecule has 82 valence electrons. The highest BCUT2D eigenvalue weighted by Crippen LogP contribution is 2.37. The van der Waals surface area contributed by atoms with E-state index in [9.17, 15) is 0 Å². The molecule has 0 saturated carbocycles. The van der Waals surface area contributed by atoms with Gasteiger partial charge in [-0.15, -0.1) is 0 Å². The predicted octanol–water partition coefficient (Wildman–Crippen LogP) is 3.11. The third-order valence-electron chi connectivity index (χ3n) is 3.68. The topological polar surface area (TPSA) is 12.0 Å². The molecule has 1 aliphatic rings. The fourth-order valence-electron chi connectivity index (χ4n) is 2.86. The van der Waals surface area contributed by atoms with Gasteiger partial charge < -0.3 is 5.32 Å². The molecule has 1 heteroatoms. The van der Waals surface area contributed by atoms with Gasteiger partial charge in [0.25, 0.3) is 0 Å². The van der Waals surface area contributed by atoms with Crippen LogP contribution in [0.3, 0.4) is 0 Å². The zero-order valence-electron chi connectivity index (χ0n) is 9.63. The number of hydrogen-bond donors (Lipinski definition) is 1. The molecule has 1 aliphatic heterocycles. The maximum Gasteiger partial charge on any atom is -0.00230 e. The lowest BCUT2D eigenvalue weighted by atomic mass is 9.70. The minimum atomic E-state index is 0.460. The van der Waals surface area contributed by atoms with Crippen LogP contribution in [0.15, 0.2) is 30.3 Å². The Morgan fingerprint density at radius 1 is 1.13 bits per heavy atom. The van der Waals surface area contributed by atoms with Gasteiger partial charge in [-0.05, 0) is 43.3 Å². The summed E-state index contributed by atoms with van der Waals surface area (Å²) in [5.41, 5.74) is 2.01. The first kappa shape index (κ1) is 10.7. The quantitative estimate of drug-likeness (QED) is 0.796. The summed E-state index contributed by atoms with van der Waals surface area (Å²) in [7, 11) is 0. The van der Waals surface area contributed by atoms with Crippen molar-refractivity contribution in [2.45, 2.75) is 38.0 Å². The van der Waals surface area contributed by atoms with Crippen molar-refractivity contribution in [3.63, 3.8) is 0 Å². The Kier molecular flexibility index (Phi) is 3.42. The largest absolute Gasteiger partial charge is 0.317 e. The van der Waals surface area contributed by atoms with Crippen LogP contribution in [0.4, 0.5) is 0 Å². The van der Waals surface area contributed by atoms with Gasteiger partial charge in [0.15, 0.2) is 0 Å². The Bertz CT molecular complexity index is 280. The predicted molar refractivity (Wildman–Crippen MR) is 65.1 cm³/mol. The van der Waals surface area contributed by atoms with Crippen molar-refractivity contribution < 1.29 is 0 Å². The van der Waals surface area contributed by atoms with Crippen LogP contribution in [0.25, 0.3) is 0 Å². The highest BCUT2D eigenvalue weighted by molar-refractivity contribution is 5.26. The summed E-state index contributed by atoms with van der Waals surface area (Å²) in [6.07, 6.45) is 5.21. The van der Waals surface area contributed by atoms with Crippen LogP contribution in [-0.4, -0.2) is 13.1 Å². The lowest BCUT2D eigenvalue weighted by molar-refractivity contribution is 0.285. The number of rotatable bonds is 3. The van der Waals surface area contributed by atoms with Gasteiger partial charge in [0.2, 0.25) is 0 Å². The summed E-state index contributed by atoms with van der Waals surface area (Å²) in [5, 5.41) is 3.47. The fraction of sp³-hybridized carbons (Fsp3) is 0.571. The van der Waals surface area contributed by atoms with Crippen LogP contribution < -0.4 is 5.32 Å². The van der Waals surface area contributed by atoms with Crippen molar-refractivity contribution in [3.8, 4) is 0 Å². The van der Waals surface area contributed by atoms with Crippen LogP contribution in [-0.2, 0) is 5.41 Å². The van der Waals surface area contributed by atoms with Gasteiger partial charge in [-0.3, -0.25) is 0 Å². The van der Waals surface area contributed by atoms with Gasteiger partial charge in [-0.25, -0.2) is 0 Å². The molecule has 0 spiro atoms. The lowest BCUT2D eigenvalue weighted by Gasteiger charge is -2.38. The third-order valence-corrected chi connectivity index (χ3v) is 3.68. The molecule has 1 saturated heterocycles. The van der Waals surface area contributed by atoms with E-state index >= 15 is 0 Å². The number of benzene rings is 1. The molecule has 0 amide bonds. The maximum absolute atomic E-state index is 3.47. The molecular formula is C14H21N. The molecule has 15 heavy (non-hydrogen) atoms. The van der Waals surface area contributed by atoms with E-state index < -0.39 is 0 Å². The van der Waals surface area contributed by atoms with E-state index in [0.717, 1.165) is 0 Å². The zero-order chi connectivity index (χ0) is 10.6. The molecule has 1 aromatic carbocycles. The second-order valence-corrected chi connectivity index (χ2v) is 4.65. The monoisotopic (exact) mass is 203 g/mol. The summed E-state index contributed by atoms with van der Waals surface area (Å²) in [6.45, 7) is 4.65. The van der Waals surface area contributed by atoms with E-state index in [0.29, 0.717) is 5.41 Å². The normalized spacial score (nSPS) is 20.1. The Labute approximate surface area is 92.9 Å². The van der Waals surface area contributed by atoms with Crippen molar-refractivity contribution in [2.75, 3.05) is 13.1 Å². The van der Waals surface area contributed by atoms with E-state index in [2.05, 4.69) is 42.6 Å². The van der Waals surface area contributed by atoms with Crippen molar-refractivity contribution in [1.82, 2.24) is 5.32 Å². The molecular weight excluding hydrogens is 182 g/mol. The average molecular weight is 203 g/mol. The first-order chi connectivity index (χ1) is 7.37. The first-order valence-corrected chi connectivity index (χ1v) is 6.14. The minimum Gasteiger partial charge on any atom is -0.317 e. The molecule has 1 nitrogen and oxygen atoms in total. The molecule has 1 aromatic rings. The van der Waals surface area contributed by atoms with Crippen molar-refractivity contribution in [1.29, 1.82) is 0 Å². The van der Waals surface area contributed by atoms with Gasteiger partial charge >= 0.3 is 0 Å². The van der Waals surface area contributed by atoms with Crippen molar-refractivity contribution in [2.24, 2.45) is 0 Å². The third kappa shape index (κ3) is 2.23. The summed E-state index contributed by atoms with van der Waals surface area (Å²) >= 11 is 0. The van der Waals surface area contributed by atoms with Crippen LogP contribution in [0, 0.1) is 0 Å². The summed E-state index contributed by atoms with van der Waals surface area (Å²) < 4.78 is 0. The van der Waals surface area contributed by atoms with Crippen LogP contribution in [0.5, 0.6) is 0 Å². The van der Waals surface area contributed by atoms with Crippen LogP contribution >= 0.6 is 0 Å². The molecule has 0 atom stereocenters. The Morgan fingerprint density at radius 2 is 1.80 bits per heavy atom. The summed E-state index contributed by atoms with van der Waals surface area (Å²) in [4.78, 5) is 0. The van der Waals surface area contributed by atoms with Gasteiger partial charge in [-0.1, -0.05) is 43.7 Å².